The van der Waals surface area contributed by atoms with Gasteiger partial charge in [-0.2, -0.15) is 0 Å². The maximum Gasteiger partial charge on any atom is 0.323 e. The standard InChI is InChI=1S/C13H10Cl2N2O2/c14-8-5-6-9(15)11(7-8)17-13(19)16-10-3-1-2-4-12(10)18/h1-7,18H,(H2,16,17,19). The van der Waals surface area contributed by atoms with Gasteiger partial charge in [-0.3, -0.25) is 0 Å². The van der Waals surface area contributed by atoms with Gasteiger partial charge in [-0.25, -0.2) is 4.79 Å². The van der Waals surface area contributed by atoms with Crippen molar-refractivity contribution >= 4 is 40.6 Å². The predicted octanol–water partition coefficient (Wildman–Crippen LogP) is 4.34. The first kappa shape index (κ1) is 13.5. The fraction of sp³-hybridized carbons (Fsp3) is 0. The van der Waals surface area contributed by atoms with Crippen LogP contribution in [-0.4, -0.2) is 11.1 Å². The summed E-state index contributed by atoms with van der Waals surface area (Å²) in [6.45, 7) is 0. The molecule has 0 aliphatic carbocycles. The molecular formula is C13H10Cl2N2O2. The number of carbonyl (C=O) groups excluding carboxylic acids is 1. The molecule has 3 N–H and O–H groups in total. The number of aromatic hydroxyl groups is 1. The maximum absolute atomic E-state index is 11.8. The van der Waals surface area contributed by atoms with E-state index in [-0.39, 0.29) is 5.75 Å². The summed E-state index contributed by atoms with van der Waals surface area (Å²) in [5.41, 5.74) is 0.695. The minimum atomic E-state index is -0.523. The Morgan fingerprint density at radius 1 is 1.00 bits per heavy atom. The van der Waals surface area contributed by atoms with Crippen molar-refractivity contribution in [1.29, 1.82) is 0 Å². The first-order chi connectivity index (χ1) is 9.06. The topological polar surface area (TPSA) is 61.4 Å². The van der Waals surface area contributed by atoms with Crippen LogP contribution in [0.3, 0.4) is 0 Å². The molecule has 0 bridgehead atoms. The summed E-state index contributed by atoms with van der Waals surface area (Å²) in [5, 5.41) is 15.4. The zero-order valence-corrected chi connectivity index (χ0v) is 11.2. The van der Waals surface area contributed by atoms with Gasteiger partial charge in [0.15, 0.2) is 0 Å². The highest BCUT2D eigenvalue weighted by atomic mass is 35.5. The van der Waals surface area contributed by atoms with Crippen molar-refractivity contribution in [1.82, 2.24) is 0 Å². The molecule has 0 unspecified atom stereocenters. The van der Waals surface area contributed by atoms with Crippen LogP contribution in [-0.2, 0) is 0 Å². The zero-order chi connectivity index (χ0) is 13.8. The number of rotatable bonds is 2. The quantitative estimate of drug-likeness (QED) is 0.722. The summed E-state index contributed by atoms with van der Waals surface area (Å²) >= 11 is 11.7. The van der Waals surface area contributed by atoms with E-state index in [4.69, 9.17) is 23.2 Å². The van der Waals surface area contributed by atoms with Gasteiger partial charge >= 0.3 is 6.03 Å². The zero-order valence-electron chi connectivity index (χ0n) is 9.65. The second kappa shape index (κ2) is 5.82. The van der Waals surface area contributed by atoms with Gasteiger partial charge in [0.1, 0.15) is 5.75 Å². The first-order valence-corrected chi connectivity index (χ1v) is 6.13. The Morgan fingerprint density at radius 2 is 1.68 bits per heavy atom. The predicted molar refractivity (Wildman–Crippen MR) is 77.2 cm³/mol. The third-order valence-corrected chi connectivity index (χ3v) is 2.89. The Balaban J connectivity index is 2.10. The highest BCUT2D eigenvalue weighted by Gasteiger charge is 2.08. The third kappa shape index (κ3) is 3.53. The molecule has 6 heteroatoms. The second-order valence-corrected chi connectivity index (χ2v) is 4.56. The van der Waals surface area contributed by atoms with Crippen molar-refractivity contribution < 1.29 is 9.90 Å². The Hall–Kier alpha value is -1.91. The van der Waals surface area contributed by atoms with Crippen LogP contribution in [0.4, 0.5) is 16.2 Å². The first-order valence-electron chi connectivity index (χ1n) is 5.37. The number of anilines is 2. The van der Waals surface area contributed by atoms with E-state index in [9.17, 15) is 9.90 Å². The summed E-state index contributed by atoms with van der Waals surface area (Å²) in [6, 6.07) is 10.6. The molecule has 0 radical (unpaired) electrons. The van der Waals surface area contributed by atoms with Crippen LogP contribution in [0.1, 0.15) is 0 Å². The van der Waals surface area contributed by atoms with E-state index >= 15 is 0 Å². The molecule has 98 valence electrons. The molecule has 2 rings (SSSR count). The molecule has 0 fully saturated rings. The Kier molecular flexibility index (Phi) is 4.14. The summed E-state index contributed by atoms with van der Waals surface area (Å²) in [6.07, 6.45) is 0. The van der Waals surface area contributed by atoms with Crippen LogP contribution >= 0.6 is 23.2 Å². The summed E-state index contributed by atoms with van der Waals surface area (Å²) in [5.74, 6) is -0.0187. The molecule has 0 saturated carbocycles. The minimum absolute atomic E-state index is 0.0187. The number of hydrogen-bond donors (Lipinski definition) is 3. The average molecular weight is 297 g/mol. The van der Waals surface area contributed by atoms with E-state index in [2.05, 4.69) is 10.6 Å². The number of amides is 2. The number of nitrogens with one attached hydrogen (secondary N) is 2. The van der Waals surface area contributed by atoms with Gasteiger partial charge < -0.3 is 15.7 Å². The third-order valence-electron chi connectivity index (χ3n) is 2.33. The Morgan fingerprint density at radius 3 is 2.42 bits per heavy atom. The molecule has 0 aliphatic heterocycles. The Bertz CT molecular complexity index is 617. The van der Waals surface area contributed by atoms with Gasteiger partial charge in [0.25, 0.3) is 0 Å². The number of urea groups is 1. The number of phenols is 1. The lowest BCUT2D eigenvalue weighted by Crippen LogP contribution is -2.19. The molecule has 0 aromatic heterocycles. The molecule has 2 aromatic rings. The number of hydrogen-bond acceptors (Lipinski definition) is 2. The highest BCUT2D eigenvalue weighted by Crippen LogP contribution is 2.26. The molecule has 4 nitrogen and oxygen atoms in total. The molecule has 0 saturated heterocycles. The van der Waals surface area contributed by atoms with Crippen molar-refractivity contribution in [3.05, 3.63) is 52.5 Å². The molecule has 2 amide bonds. The fourth-order valence-electron chi connectivity index (χ4n) is 1.45. The van der Waals surface area contributed by atoms with Crippen molar-refractivity contribution in [2.75, 3.05) is 10.6 Å². The fourth-order valence-corrected chi connectivity index (χ4v) is 1.79. The van der Waals surface area contributed by atoms with E-state index < -0.39 is 6.03 Å². The monoisotopic (exact) mass is 296 g/mol. The molecular weight excluding hydrogens is 287 g/mol. The summed E-state index contributed by atoms with van der Waals surface area (Å²) < 4.78 is 0. The molecule has 0 aliphatic rings. The van der Waals surface area contributed by atoms with Crippen LogP contribution in [0.15, 0.2) is 42.5 Å². The van der Waals surface area contributed by atoms with E-state index in [0.717, 1.165) is 0 Å². The van der Waals surface area contributed by atoms with Gasteiger partial charge in [-0.1, -0.05) is 35.3 Å². The molecule has 0 spiro atoms. The smallest absolute Gasteiger partial charge is 0.323 e. The van der Waals surface area contributed by atoms with E-state index in [1.54, 1.807) is 30.3 Å². The molecule has 19 heavy (non-hydrogen) atoms. The number of benzene rings is 2. The number of phenolic OH excluding ortho intramolecular Hbond substituents is 1. The van der Waals surface area contributed by atoms with E-state index in [1.165, 1.54) is 12.1 Å². The summed E-state index contributed by atoms with van der Waals surface area (Å²) in [4.78, 5) is 11.8. The van der Waals surface area contributed by atoms with Crippen LogP contribution in [0, 0.1) is 0 Å². The largest absolute Gasteiger partial charge is 0.506 e. The van der Waals surface area contributed by atoms with Crippen molar-refractivity contribution in [2.24, 2.45) is 0 Å². The molecule has 0 atom stereocenters. The lowest BCUT2D eigenvalue weighted by Gasteiger charge is -2.10. The van der Waals surface area contributed by atoms with Crippen LogP contribution in [0.5, 0.6) is 5.75 Å². The average Bonchev–Trinajstić information content (AvgIpc) is 2.37. The van der Waals surface area contributed by atoms with Crippen molar-refractivity contribution in [3.8, 4) is 5.75 Å². The second-order valence-electron chi connectivity index (χ2n) is 3.72. The van der Waals surface area contributed by atoms with Gasteiger partial charge in [0, 0.05) is 5.02 Å². The number of para-hydroxylation sites is 2. The maximum atomic E-state index is 11.8. The van der Waals surface area contributed by atoms with Gasteiger partial charge in [-0.05, 0) is 30.3 Å². The number of carbonyl (C=O) groups is 1. The van der Waals surface area contributed by atoms with Crippen LogP contribution < -0.4 is 10.6 Å². The minimum Gasteiger partial charge on any atom is -0.506 e. The van der Waals surface area contributed by atoms with Crippen LogP contribution in [0.2, 0.25) is 10.0 Å². The van der Waals surface area contributed by atoms with Gasteiger partial charge in [-0.15, -0.1) is 0 Å². The van der Waals surface area contributed by atoms with Gasteiger partial charge in [0.05, 0.1) is 16.4 Å². The molecule has 0 heterocycles. The lowest BCUT2D eigenvalue weighted by atomic mass is 10.3. The molecule has 2 aromatic carbocycles. The highest BCUT2D eigenvalue weighted by molar-refractivity contribution is 6.35. The normalized spacial score (nSPS) is 10.0. The Labute approximate surface area is 120 Å². The lowest BCUT2D eigenvalue weighted by molar-refractivity contribution is 0.262. The summed E-state index contributed by atoms with van der Waals surface area (Å²) in [7, 11) is 0. The van der Waals surface area contributed by atoms with Crippen molar-refractivity contribution in [2.45, 2.75) is 0 Å². The number of halogens is 2. The van der Waals surface area contributed by atoms with Gasteiger partial charge in [0.2, 0.25) is 0 Å². The van der Waals surface area contributed by atoms with Crippen molar-refractivity contribution in [3.63, 3.8) is 0 Å². The SMILES string of the molecule is O=C(Nc1ccccc1O)Nc1cc(Cl)ccc1Cl. The van der Waals surface area contributed by atoms with Crippen LogP contribution in [0.25, 0.3) is 0 Å². The van der Waals surface area contributed by atoms with E-state index in [1.807, 2.05) is 0 Å². The van der Waals surface area contributed by atoms with E-state index in [0.29, 0.717) is 21.4 Å².